The van der Waals surface area contributed by atoms with E-state index in [1.807, 2.05) is 6.07 Å². The summed E-state index contributed by atoms with van der Waals surface area (Å²) >= 11 is 3.33. The van der Waals surface area contributed by atoms with Gasteiger partial charge in [0.15, 0.2) is 5.82 Å². The molecule has 6 heteroatoms. The summed E-state index contributed by atoms with van der Waals surface area (Å²) in [6.45, 7) is 0.0885. The third-order valence-corrected chi connectivity index (χ3v) is 3.73. The van der Waals surface area contributed by atoms with Gasteiger partial charge >= 0.3 is 0 Å². The van der Waals surface area contributed by atoms with E-state index in [0.29, 0.717) is 16.5 Å². The smallest absolute Gasteiger partial charge is 0.261 e. The standard InChI is InChI=1S/C15H11BrFN3O/c16-10-4-5-13-11(6-10)15(21)20(8-19-13)7-9-2-1-3-12(18)14(9)17/h1-6,8H,7,18H2. The lowest BCUT2D eigenvalue weighted by atomic mass is 10.2. The van der Waals surface area contributed by atoms with E-state index < -0.39 is 5.82 Å². The minimum atomic E-state index is -0.501. The van der Waals surface area contributed by atoms with Crippen molar-refractivity contribution in [3.05, 3.63) is 68.9 Å². The highest BCUT2D eigenvalue weighted by Gasteiger charge is 2.09. The van der Waals surface area contributed by atoms with Crippen LogP contribution < -0.4 is 11.3 Å². The lowest BCUT2D eigenvalue weighted by molar-refractivity contribution is 0.599. The van der Waals surface area contributed by atoms with Crippen molar-refractivity contribution in [1.82, 2.24) is 9.55 Å². The summed E-state index contributed by atoms with van der Waals surface area (Å²) < 4.78 is 16.1. The average Bonchev–Trinajstić information content (AvgIpc) is 2.47. The fourth-order valence-electron chi connectivity index (χ4n) is 2.15. The van der Waals surface area contributed by atoms with E-state index in [1.165, 1.54) is 17.0 Å². The van der Waals surface area contributed by atoms with Gasteiger partial charge in [-0.1, -0.05) is 28.1 Å². The molecule has 2 N–H and O–H groups in total. The zero-order valence-corrected chi connectivity index (χ0v) is 12.5. The normalized spacial score (nSPS) is 11.0. The van der Waals surface area contributed by atoms with Crippen LogP contribution >= 0.6 is 15.9 Å². The molecule has 0 saturated heterocycles. The first-order chi connectivity index (χ1) is 10.1. The van der Waals surface area contributed by atoms with Gasteiger partial charge in [0, 0.05) is 10.0 Å². The van der Waals surface area contributed by atoms with Crippen molar-refractivity contribution in [3.63, 3.8) is 0 Å². The first-order valence-corrected chi connectivity index (χ1v) is 7.03. The van der Waals surface area contributed by atoms with Crippen LogP contribution in [0.4, 0.5) is 10.1 Å². The van der Waals surface area contributed by atoms with Crippen LogP contribution in [0.15, 0.2) is 52.0 Å². The number of fused-ring (bicyclic) bond motifs is 1. The molecule has 0 saturated carbocycles. The van der Waals surface area contributed by atoms with Crippen molar-refractivity contribution in [2.24, 2.45) is 0 Å². The maximum Gasteiger partial charge on any atom is 0.261 e. The maximum atomic E-state index is 13.9. The summed E-state index contributed by atoms with van der Waals surface area (Å²) in [6, 6.07) is 10.0. The molecule has 0 fully saturated rings. The van der Waals surface area contributed by atoms with Crippen molar-refractivity contribution < 1.29 is 4.39 Å². The van der Waals surface area contributed by atoms with Gasteiger partial charge in [-0.2, -0.15) is 0 Å². The van der Waals surface area contributed by atoms with Crippen LogP contribution in [0.5, 0.6) is 0 Å². The molecule has 0 aliphatic heterocycles. The number of hydrogen-bond acceptors (Lipinski definition) is 3. The Bertz CT molecular complexity index is 892. The van der Waals surface area contributed by atoms with Gasteiger partial charge in [-0.15, -0.1) is 0 Å². The van der Waals surface area contributed by atoms with Crippen molar-refractivity contribution in [2.75, 3.05) is 5.73 Å². The number of anilines is 1. The average molecular weight is 348 g/mol. The predicted molar refractivity (Wildman–Crippen MR) is 83.6 cm³/mol. The summed E-state index contributed by atoms with van der Waals surface area (Å²) in [4.78, 5) is 16.6. The van der Waals surface area contributed by atoms with E-state index in [0.717, 1.165) is 4.47 Å². The highest BCUT2D eigenvalue weighted by molar-refractivity contribution is 9.10. The number of hydrogen-bond donors (Lipinski definition) is 1. The quantitative estimate of drug-likeness (QED) is 0.725. The van der Waals surface area contributed by atoms with Crippen LogP contribution in [-0.4, -0.2) is 9.55 Å². The summed E-state index contributed by atoms with van der Waals surface area (Å²) in [5, 5.41) is 0.483. The molecule has 1 aromatic heterocycles. The molecule has 2 aromatic carbocycles. The summed E-state index contributed by atoms with van der Waals surface area (Å²) in [5.74, 6) is -0.501. The molecular formula is C15H11BrFN3O. The molecule has 4 nitrogen and oxygen atoms in total. The molecule has 106 valence electrons. The highest BCUT2D eigenvalue weighted by atomic mass is 79.9. The molecule has 3 aromatic rings. The first-order valence-electron chi connectivity index (χ1n) is 6.24. The van der Waals surface area contributed by atoms with Crippen LogP contribution in [0.2, 0.25) is 0 Å². The van der Waals surface area contributed by atoms with Gasteiger partial charge in [-0.05, 0) is 24.3 Å². The Morgan fingerprint density at radius 2 is 2.10 bits per heavy atom. The van der Waals surface area contributed by atoms with Gasteiger partial charge in [0.25, 0.3) is 5.56 Å². The molecule has 0 unspecified atom stereocenters. The number of nitrogens with zero attached hydrogens (tertiary/aromatic N) is 2. The lowest BCUT2D eigenvalue weighted by Crippen LogP contribution is -2.21. The Hall–Kier alpha value is -2.21. The van der Waals surface area contributed by atoms with E-state index in [9.17, 15) is 9.18 Å². The van der Waals surface area contributed by atoms with Crippen LogP contribution in [0.25, 0.3) is 10.9 Å². The monoisotopic (exact) mass is 347 g/mol. The number of aromatic nitrogens is 2. The Morgan fingerprint density at radius 1 is 1.29 bits per heavy atom. The van der Waals surface area contributed by atoms with Gasteiger partial charge in [0.1, 0.15) is 0 Å². The second-order valence-electron chi connectivity index (χ2n) is 4.66. The molecular weight excluding hydrogens is 337 g/mol. The van der Waals surface area contributed by atoms with Crippen LogP contribution in [0, 0.1) is 5.82 Å². The summed E-state index contributed by atoms with van der Waals surface area (Å²) in [5.41, 5.74) is 6.34. The largest absolute Gasteiger partial charge is 0.396 e. The minimum Gasteiger partial charge on any atom is -0.396 e. The zero-order valence-electron chi connectivity index (χ0n) is 10.9. The van der Waals surface area contributed by atoms with Gasteiger partial charge in [-0.3, -0.25) is 9.36 Å². The van der Waals surface area contributed by atoms with Crippen molar-refractivity contribution in [3.8, 4) is 0 Å². The molecule has 0 bridgehead atoms. The number of nitrogens with two attached hydrogens (primary N) is 1. The maximum absolute atomic E-state index is 13.9. The van der Waals surface area contributed by atoms with E-state index in [1.54, 1.807) is 24.3 Å². The van der Waals surface area contributed by atoms with Crippen molar-refractivity contribution in [1.29, 1.82) is 0 Å². The SMILES string of the molecule is Nc1cccc(Cn2cnc3ccc(Br)cc3c2=O)c1F. The first kappa shape index (κ1) is 13.8. The molecule has 0 atom stereocenters. The summed E-state index contributed by atoms with van der Waals surface area (Å²) in [7, 11) is 0. The minimum absolute atomic E-state index is 0.0667. The number of halogens is 2. The Labute approximate surface area is 128 Å². The van der Waals surface area contributed by atoms with Crippen molar-refractivity contribution in [2.45, 2.75) is 6.54 Å². The Morgan fingerprint density at radius 3 is 2.90 bits per heavy atom. The fourth-order valence-corrected chi connectivity index (χ4v) is 2.51. The highest BCUT2D eigenvalue weighted by Crippen LogP contribution is 2.17. The molecule has 0 aliphatic carbocycles. The Kier molecular flexibility index (Phi) is 3.47. The lowest BCUT2D eigenvalue weighted by Gasteiger charge is -2.09. The van der Waals surface area contributed by atoms with Crippen molar-refractivity contribution >= 4 is 32.5 Å². The topological polar surface area (TPSA) is 60.9 Å². The van der Waals surface area contributed by atoms with E-state index in [2.05, 4.69) is 20.9 Å². The zero-order chi connectivity index (χ0) is 15.0. The fraction of sp³-hybridized carbons (Fsp3) is 0.0667. The van der Waals surface area contributed by atoms with Crippen LogP contribution in [0.3, 0.4) is 0 Å². The molecule has 3 rings (SSSR count). The van der Waals surface area contributed by atoms with Gasteiger partial charge in [0.2, 0.25) is 0 Å². The van der Waals surface area contributed by atoms with Crippen LogP contribution in [0.1, 0.15) is 5.56 Å². The molecule has 0 spiro atoms. The van der Waals surface area contributed by atoms with Gasteiger partial charge < -0.3 is 5.73 Å². The molecule has 21 heavy (non-hydrogen) atoms. The molecule has 0 aliphatic rings. The third kappa shape index (κ3) is 2.54. The number of rotatable bonds is 2. The molecule has 0 radical (unpaired) electrons. The molecule has 0 amide bonds. The molecule has 1 heterocycles. The Balaban J connectivity index is 2.11. The van der Waals surface area contributed by atoms with E-state index in [4.69, 9.17) is 5.73 Å². The second kappa shape index (κ2) is 5.29. The third-order valence-electron chi connectivity index (χ3n) is 3.24. The summed E-state index contributed by atoms with van der Waals surface area (Å²) in [6.07, 6.45) is 1.42. The van der Waals surface area contributed by atoms with Gasteiger partial charge in [-0.25, -0.2) is 9.37 Å². The van der Waals surface area contributed by atoms with E-state index in [-0.39, 0.29) is 17.8 Å². The second-order valence-corrected chi connectivity index (χ2v) is 5.58. The number of nitrogen functional groups attached to an aromatic ring is 1. The van der Waals surface area contributed by atoms with Crippen LogP contribution in [-0.2, 0) is 6.54 Å². The van der Waals surface area contributed by atoms with Gasteiger partial charge in [0.05, 0.1) is 29.5 Å². The number of benzene rings is 2. The predicted octanol–water partition coefficient (Wildman–Crippen LogP) is 2.93. The van der Waals surface area contributed by atoms with E-state index >= 15 is 0 Å².